The van der Waals surface area contributed by atoms with Gasteiger partial charge in [-0.25, -0.2) is 4.98 Å². The Hall–Kier alpha value is -2.82. The van der Waals surface area contributed by atoms with E-state index in [-0.39, 0.29) is 12.5 Å². The van der Waals surface area contributed by atoms with Crippen molar-refractivity contribution >= 4 is 22.7 Å². The number of aromatic nitrogens is 1. The average molecular weight is 282 g/mol. The van der Waals surface area contributed by atoms with Crippen molar-refractivity contribution in [2.45, 2.75) is 13.5 Å². The van der Waals surface area contributed by atoms with Crippen LogP contribution in [0.3, 0.4) is 0 Å². The molecular weight excluding hydrogens is 268 g/mol. The van der Waals surface area contributed by atoms with Crippen LogP contribution in [0.4, 0.5) is 5.69 Å². The lowest BCUT2D eigenvalue weighted by Gasteiger charge is -2.05. The van der Waals surface area contributed by atoms with Crippen LogP contribution in [0.25, 0.3) is 11.1 Å². The maximum atomic E-state index is 10.9. The number of fused-ring (bicyclic) bond motifs is 1. The minimum absolute atomic E-state index is 0.102. The predicted molar refractivity (Wildman–Crippen MR) is 79.1 cm³/mol. The first-order chi connectivity index (χ1) is 10.2. The van der Waals surface area contributed by atoms with Crippen molar-refractivity contribution in [2.75, 3.05) is 5.32 Å². The van der Waals surface area contributed by atoms with Crippen LogP contribution in [0.2, 0.25) is 0 Å². The lowest BCUT2D eigenvalue weighted by atomic mass is 10.3. The Morgan fingerprint density at radius 3 is 2.67 bits per heavy atom. The van der Waals surface area contributed by atoms with Gasteiger partial charge in [0.05, 0.1) is 0 Å². The molecule has 0 spiro atoms. The van der Waals surface area contributed by atoms with Crippen molar-refractivity contribution in [2.24, 2.45) is 0 Å². The van der Waals surface area contributed by atoms with E-state index in [0.29, 0.717) is 11.6 Å². The van der Waals surface area contributed by atoms with Crippen LogP contribution in [0.1, 0.15) is 12.8 Å². The van der Waals surface area contributed by atoms with Gasteiger partial charge in [0.2, 0.25) is 11.8 Å². The van der Waals surface area contributed by atoms with Gasteiger partial charge in [-0.2, -0.15) is 0 Å². The van der Waals surface area contributed by atoms with Crippen molar-refractivity contribution in [1.29, 1.82) is 0 Å². The summed E-state index contributed by atoms with van der Waals surface area (Å²) in [6, 6.07) is 14.7. The van der Waals surface area contributed by atoms with E-state index in [9.17, 15) is 4.79 Å². The number of anilines is 1. The molecule has 0 aliphatic carbocycles. The molecule has 1 amide bonds. The Morgan fingerprint density at radius 2 is 1.95 bits per heavy atom. The van der Waals surface area contributed by atoms with Gasteiger partial charge >= 0.3 is 0 Å². The third-order valence-electron chi connectivity index (χ3n) is 2.88. The fourth-order valence-corrected chi connectivity index (χ4v) is 1.96. The zero-order valence-electron chi connectivity index (χ0n) is 11.5. The highest BCUT2D eigenvalue weighted by atomic mass is 16.5. The SMILES string of the molecule is CC(=O)Nc1ccc(OCc2nc3ccccc3o2)cc1. The number of hydrogen-bond donors (Lipinski definition) is 1. The highest BCUT2D eigenvalue weighted by Crippen LogP contribution is 2.19. The van der Waals surface area contributed by atoms with Crippen LogP contribution in [0.15, 0.2) is 52.9 Å². The molecule has 1 N–H and O–H groups in total. The molecular formula is C16H14N2O3. The highest BCUT2D eigenvalue weighted by molar-refractivity contribution is 5.88. The van der Waals surface area contributed by atoms with Gasteiger partial charge in [0.15, 0.2) is 12.2 Å². The summed E-state index contributed by atoms with van der Waals surface area (Å²) in [5, 5.41) is 2.70. The molecule has 3 rings (SSSR count). The normalized spacial score (nSPS) is 10.5. The van der Waals surface area contributed by atoms with Gasteiger partial charge in [0.25, 0.3) is 0 Å². The number of amides is 1. The van der Waals surface area contributed by atoms with E-state index in [1.165, 1.54) is 6.92 Å². The largest absolute Gasteiger partial charge is 0.484 e. The summed E-state index contributed by atoms with van der Waals surface area (Å²) in [7, 11) is 0. The van der Waals surface area contributed by atoms with E-state index in [2.05, 4.69) is 10.3 Å². The van der Waals surface area contributed by atoms with Crippen LogP contribution < -0.4 is 10.1 Å². The molecule has 0 radical (unpaired) electrons. The van der Waals surface area contributed by atoms with Crippen LogP contribution in [0, 0.1) is 0 Å². The molecule has 1 heterocycles. The van der Waals surface area contributed by atoms with E-state index in [4.69, 9.17) is 9.15 Å². The molecule has 2 aromatic carbocycles. The van der Waals surface area contributed by atoms with E-state index in [1.54, 1.807) is 24.3 Å². The number of rotatable bonds is 4. The topological polar surface area (TPSA) is 64.4 Å². The number of carbonyl (C=O) groups excluding carboxylic acids is 1. The molecule has 0 atom stereocenters. The first-order valence-electron chi connectivity index (χ1n) is 6.55. The molecule has 5 heteroatoms. The number of para-hydroxylation sites is 2. The Bertz CT molecular complexity index is 730. The summed E-state index contributed by atoms with van der Waals surface area (Å²) >= 11 is 0. The molecule has 21 heavy (non-hydrogen) atoms. The molecule has 0 unspecified atom stereocenters. The second kappa shape index (κ2) is 5.66. The van der Waals surface area contributed by atoms with Crippen molar-refractivity contribution in [1.82, 2.24) is 4.98 Å². The quantitative estimate of drug-likeness (QED) is 0.797. The van der Waals surface area contributed by atoms with Gasteiger partial charge in [-0.3, -0.25) is 4.79 Å². The summed E-state index contributed by atoms with van der Waals surface area (Å²) in [6.45, 7) is 1.73. The maximum Gasteiger partial charge on any atom is 0.233 e. The molecule has 5 nitrogen and oxygen atoms in total. The number of nitrogens with zero attached hydrogens (tertiary/aromatic N) is 1. The third-order valence-corrected chi connectivity index (χ3v) is 2.88. The Kier molecular flexibility index (Phi) is 3.55. The van der Waals surface area contributed by atoms with Crippen molar-refractivity contribution in [3.8, 4) is 5.75 Å². The molecule has 0 saturated heterocycles. The van der Waals surface area contributed by atoms with E-state index in [0.717, 1.165) is 16.8 Å². The van der Waals surface area contributed by atoms with Gasteiger partial charge < -0.3 is 14.5 Å². The summed E-state index contributed by atoms with van der Waals surface area (Å²) < 4.78 is 11.2. The fraction of sp³-hybridized carbons (Fsp3) is 0.125. The Balaban J connectivity index is 1.65. The molecule has 3 aromatic rings. The molecule has 1 aromatic heterocycles. The number of nitrogens with one attached hydrogen (secondary N) is 1. The maximum absolute atomic E-state index is 10.9. The van der Waals surface area contributed by atoms with Crippen LogP contribution in [-0.4, -0.2) is 10.9 Å². The van der Waals surface area contributed by atoms with Crippen LogP contribution in [-0.2, 0) is 11.4 Å². The monoisotopic (exact) mass is 282 g/mol. The van der Waals surface area contributed by atoms with Crippen molar-refractivity contribution < 1.29 is 13.9 Å². The minimum atomic E-state index is -0.102. The van der Waals surface area contributed by atoms with E-state index in [1.807, 2.05) is 24.3 Å². The standard InChI is InChI=1S/C16H14N2O3/c1-11(19)17-12-6-8-13(9-7-12)20-10-16-18-14-4-2-3-5-15(14)21-16/h2-9H,10H2,1H3,(H,17,19). The number of ether oxygens (including phenoxy) is 1. The summed E-state index contributed by atoms with van der Waals surface area (Å²) in [4.78, 5) is 15.3. The Morgan fingerprint density at radius 1 is 1.19 bits per heavy atom. The second-order valence-electron chi connectivity index (χ2n) is 4.57. The van der Waals surface area contributed by atoms with Crippen molar-refractivity contribution in [3.05, 3.63) is 54.4 Å². The van der Waals surface area contributed by atoms with Gasteiger partial charge in [-0.1, -0.05) is 12.1 Å². The van der Waals surface area contributed by atoms with Gasteiger partial charge in [-0.05, 0) is 36.4 Å². The summed E-state index contributed by atoms with van der Waals surface area (Å²) in [6.07, 6.45) is 0. The van der Waals surface area contributed by atoms with Crippen molar-refractivity contribution in [3.63, 3.8) is 0 Å². The number of hydrogen-bond acceptors (Lipinski definition) is 4. The lowest BCUT2D eigenvalue weighted by molar-refractivity contribution is -0.114. The predicted octanol–water partition coefficient (Wildman–Crippen LogP) is 3.37. The lowest BCUT2D eigenvalue weighted by Crippen LogP contribution is -2.05. The van der Waals surface area contributed by atoms with E-state index >= 15 is 0 Å². The molecule has 0 saturated carbocycles. The number of benzene rings is 2. The van der Waals surface area contributed by atoms with Crippen LogP contribution >= 0.6 is 0 Å². The first kappa shape index (κ1) is 13.2. The zero-order chi connectivity index (χ0) is 14.7. The molecule has 106 valence electrons. The molecule has 0 aliphatic rings. The second-order valence-corrected chi connectivity index (χ2v) is 4.57. The molecule has 0 fully saturated rings. The average Bonchev–Trinajstić information content (AvgIpc) is 2.89. The first-order valence-corrected chi connectivity index (χ1v) is 6.55. The number of carbonyl (C=O) groups is 1. The number of oxazole rings is 1. The zero-order valence-corrected chi connectivity index (χ0v) is 11.5. The Labute approximate surface area is 121 Å². The van der Waals surface area contributed by atoms with E-state index < -0.39 is 0 Å². The minimum Gasteiger partial charge on any atom is -0.484 e. The molecule has 0 aliphatic heterocycles. The van der Waals surface area contributed by atoms with Gasteiger partial charge in [-0.15, -0.1) is 0 Å². The third kappa shape index (κ3) is 3.20. The molecule has 0 bridgehead atoms. The van der Waals surface area contributed by atoms with Gasteiger partial charge in [0, 0.05) is 12.6 Å². The summed E-state index contributed by atoms with van der Waals surface area (Å²) in [5.41, 5.74) is 2.30. The summed E-state index contributed by atoms with van der Waals surface area (Å²) in [5.74, 6) is 1.11. The van der Waals surface area contributed by atoms with Crippen LogP contribution in [0.5, 0.6) is 5.75 Å². The highest BCUT2D eigenvalue weighted by Gasteiger charge is 2.05. The fourth-order valence-electron chi connectivity index (χ4n) is 1.96. The smallest absolute Gasteiger partial charge is 0.233 e. The van der Waals surface area contributed by atoms with Gasteiger partial charge in [0.1, 0.15) is 11.3 Å².